The second-order valence-corrected chi connectivity index (χ2v) is 6.55. The summed E-state index contributed by atoms with van der Waals surface area (Å²) in [4.78, 5) is 0. The lowest BCUT2D eigenvalue weighted by molar-refractivity contribution is 0.269. The number of hydrogen-bond acceptors (Lipinski definition) is 4. The molecule has 6 heteroatoms. The van der Waals surface area contributed by atoms with Crippen LogP contribution in [0.1, 0.15) is 18.1 Å². The van der Waals surface area contributed by atoms with Crippen molar-refractivity contribution in [2.24, 2.45) is 0 Å². The summed E-state index contributed by atoms with van der Waals surface area (Å²) >= 11 is 6.06. The van der Waals surface area contributed by atoms with Crippen LogP contribution in [0.4, 0.5) is 10.1 Å². The van der Waals surface area contributed by atoms with Gasteiger partial charge in [-0.25, -0.2) is 4.39 Å². The van der Waals surface area contributed by atoms with Crippen LogP contribution in [0.15, 0.2) is 60.7 Å². The fourth-order valence-electron chi connectivity index (χ4n) is 2.63. The Balaban J connectivity index is 1.68. The normalized spacial score (nSPS) is 10.5. The molecule has 0 atom stereocenters. The molecule has 0 bridgehead atoms. The third-order valence-electron chi connectivity index (χ3n) is 4.07. The van der Waals surface area contributed by atoms with Gasteiger partial charge in [-0.1, -0.05) is 23.7 Å². The van der Waals surface area contributed by atoms with E-state index in [-0.39, 0.29) is 18.2 Å². The molecule has 0 fully saturated rings. The Morgan fingerprint density at radius 3 is 2.46 bits per heavy atom. The van der Waals surface area contributed by atoms with E-state index in [1.807, 2.05) is 37.3 Å². The summed E-state index contributed by atoms with van der Waals surface area (Å²) in [5, 5.41) is 13.0. The number of halogens is 2. The summed E-state index contributed by atoms with van der Waals surface area (Å²) in [5.74, 6) is 1.07. The van der Waals surface area contributed by atoms with Gasteiger partial charge in [-0.3, -0.25) is 0 Å². The molecular weight excluding hydrogens is 381 g/mol. The Hall–Kier alpha value is -2.92. The van der Waals surface area contributed by atoms with E-state index in [9.17, 15) is 9.50 Å². The first-order valence-electron chi connectivity index (χ1n) is 8.90. The summed E-state index contributed by atoms with van der Waals surface area (Å²) in [6.07, 6.45) is 0. The smallest absolute Gasteiger partial charge is 0.161 e. The number of hydrogen-bond donors (Lipinski definition) is 2. The Morgan fingerprint density at radius 2 is 1.75 bits per heavy atom. The summed E-state index contributed by atoms with van der Waals surface area (Å²) < 4.78 is 24.7. The lowest BCUT2D eigenvalue weighted by Gasteiger charge is -2.15. The molecule has 0 aromatic heterocycles. The van der Waals surface area contributed by atoms with Gasteiger partial charge in [0.15, 0.2) is 11.5 Å². The first kappa shape index (κ1) is 19.8. The number of ether oxygens (including phenoxy) is 2. The molecule has 0 aliphatic carbocycles. The second-order valence-electron chi connectivity index (χ2n) is 6.14. The van der Waals surface area contributed by atoms with Gasteiger partial charge in [-0.05, 0) is 61.0 Å². The average Bonchev–Trinajstić information content (AvgIpc) is 2.68. The molecule has 28 heavy (non-hydrogen) atoms. The topological polar surface area (TPSA) is 50.7 Å². The van der Waals surface area contributed by atoms with Gasteiger partial charge in [0.1, 0.15) is 18.2 Å². The highest BCUT2D eigenvalue weighted by molar-refractivity contribution is 6.31. The Kier molecular flexibility index (Phi) is 6.61. The quantitative estimate of drug-likeness (QED) is 0.470. The van der Waals surface area contributed by atoms with E-state index in [2.05, 4.69) is 5.32 Å². The SMILES string of the molecule is CCOc1cc(CNc2ccc(O)cc2)ccc1OCc1ccc(F)cc1Cl. The summed E-state index contributed by atoms with van der Waals surface area (Å²) in [7, 11) is 0. The number of phenols is 1. The van der Waals surface area contributed by atoms with E-state index >= 15 is 0 Å². The van der Waals surface area contributed by atoms with Gasteiger partial charge in [-0.2, -0.15) is 0 Å². The van der Waals surface area contributed by atoms with E-state index in [4.69, 9.17) is 21.1 Å². The van der Waals surface area contributed by atoms with Gasteiger partial charge in [0.25, 0.3) is 0 Å². The molecule has 4 nitrogen and oxygen atoms in total. The number of anilines is 1. The zero-order valence-electron chi connectivity index (χ0n) is 15.4. The Bertz CT molecular complexity index is 932. The highest BCUT2D eigenvalue weighted by Gasteiger charge is 2.09. The molecule has 0 aliphatic rings. The third-order valence-corrected chi connectivity index (χ3v) is 4.42. The van der Waals surface area contributed by atoms with Gasteiger partial charge in [0, 0.05) is 17.8 Å². The highest BCUT2D eigenvalue weighted by Crippen LogP contribution is 2.30. The minimum absolute atomic E-state index is 0.213. The second kappa shape index (κ2) is 9.33. The predicted molar refractivity (Wildman–Crippen MR) is 109 cm³/mol. The van der Waals surface area contributed by atoms with Crippen LogP contribution in [-0.2, 0) is 13.2 Å². The Labute approximate surface area is 168 Å². The van der Waals surface area contributed by atoms with Crippen LogP contribution in [0.25, 0.3) is 0 Å². The molecule has 0 saturated heterocycles. The summed E-state index contributed by atoms with van der Waals surface area (Å²) in [6, 6.07) is 16.8. The molecule has 0 amide bonds. The molecule has 0 saturated carbocycles. The van der Waals surface area contributed by atoms with Crippen LogP contribution < -0.4 is 14.8 Å². The fraction of sp³-hybridized carbons (Fsp3) is 0.182. The van der Waals surface area contributed by atoms with E-state index in [0.717, 1.165) is 11.3 Å². The van der Waals surface area contributed by atoms with Crippen LogP contribution >= 0.6 is 11.6 Å². The summed E-state index contributed by atoms with van der Waals surface area (Å²) in [6.45, 7) is 3.21. The molecule has 3 aromatic rings. The Morgan fingerprint density at radius 1 is 0.964 bits per heavy atom. The maximum absolute atomic E-state index is 13.2. The van der Waals surface area contributed by atoms with Crippen molar-refractivity contribution in [3.63, 3.8) is 0 Å². The molecule has 3 rings (SSSR count). The van der Waals surface area contributed by atoms with Crippen molar-refractivity contribution < 1.29 is 19.0 Å². The summed E-state index contributed by atoms with van der Waals surface area (Å²) in [5.41, 5.74) is 2.62. The van der Waals surface area contributed by atoms with Crippen LogP contribution in [0.3, 0.4) is 0 Å². The van der Waals surface area contributed by atoms with Crippen LogP contribution in [0.5, 0.6) is 17.2 Å². The molecule has 3 aromatic carbocycles. The number of benzene rings is 3. The van der Waals surface area contributed by atoms with Crippen LogP contribution in [-0.4, -0.2) is 11.7 Å². The van der Waals surface area contributed by atoms with Crippen molar-refractivity contribution in [2.75, 3.05) is 11.9 Å². The molecule has 0 radical (unpaired) electrons. The minimum atomic E-state index is -0.380. The van der Waals surface area contributed by atoms with Crippen molar-refractivity contribution in [1.82, 2.24) is 0 Å². The van der Waals surface area contributed by atoms with Crippen molar-refractivity contribution in [2.45, 2.75) is 20.1 Å². The van der Waals surface area contributed by atoms with Crippen molar-refractivity contribution in [1.29, 1.82) is 0 Å². The molecule has 2 N–H and O–H groups in total. The van der Waals surface area contributed by atoms with Crippen LogP contribution in [0, 0.1) is 5.82 Å². The lowest BCUT2D eigenvalue weighted by Crippen LogP contribution is -2.03. The van der Waals surface area contributed by atoms with Crippen molar-refractivity contribution in [3.8, 4) is 17.2 Å². The number of aromatic hydroxyl groups is 1. The van der Waals surface area contributed by atoms with Crippen molar-refractivity contribution >= 4 is 17.3 Å². The van der Waals surface area contributed by atoms with Gasteiger partial charge in [0.2, 0.25) is 0 Å². The molecule has 0 heterocycles. The number of phenolic OH excluding ortho intramolecular Hbond substituents is 1. The van der Waals surface area contributed by atoms with Crippen LogP contribution in [0.2, 0.25) is 5.02 Å². The molecule has 0 unspecified atom stereocenters. The van der Waals surface area contributed by atoms with E-state index in [0.29, 0.717) is 35.2 Å². The molecule has 0 aliphatic heterocycles. The van der Waals surface area contributed by atoms with E-state index in [1.54, 1.807) is 18.2 Å². The number of nitrogens with one attached hydrogen (secondary N) is 1. The van der Waals surface area contributed by atoms with E-state index in [1.165, 1.54) is 12.1 Å². The van der Waals surface area contributed by atoms with Gasteiger partial charge in [0.05, 0.1) is 11.6 Å². The maximum Gasteiger partial charge on any atom is 0.161 e. The highest BCUT2D eigenvalue weighted by atomic mass is 35.5. The number of rotatable bonds is 8. The fourth-order valence-corrected chi connectivity index (χ4v) is 2.85. The molecule has 146 valence electrons. The monoisotopic (exact) mass is 401 g/mol. The zero-order chi connectivity index (χ0) is 19.9. The largest absolute Gasteiger partial charge is 0.508 e. The first-order chi connectivity index (χ1) is 13.5. The average molecular weight is 402 g/mol. The van der Waals surface area contributed by atoms with Gasteiger partial charge in [-0.15, -0.1) is 0 Å². The standard InChI is InChI=1S/C22H21ClFNO3/c1-2-27-22-11-15(13-25-18-6-8-19(26)9-7-18)3-10-21(22)28-14-16-4-5-17(24)12-20(16)23/h3-12,25-26H,2,13-14H2,1H3. The van der Waals surface area contributed by atoms with Gasteiger partial charge >= 0.3 is 0 Å². The van der Waals surface area contributed by atoms with Gasteiger partial charge < -0.3 is 19.9 Å². The predicted octanol–water partition coefficient (Wildman–Crippen LogP) is 5.77. The third kappa shape index (κ3) is 5.30. The zero-order valence-corrected chi connectivity index (χ0v) is 16.2. The van der Waals surface area contributed by atoms with E-state index < -0.39 is 0 Å². The lowest BCUT2D eigenvalue weighted by atomic mass is 10.2. The van der Waals surface area contributed by atoms with Crippen molar-refractivity contribution in [3.05, 3.63) is 82.6 Å². The molecule has 0 spiro atoms. The maximum atomic E-state index is 13.2. The molecular formula is C22H21ClFNO3. The minimum Gasteiger partial charge on any atom is -0.508 e. The first-order valence-corrected chi connectivity index (χ1v) is 9.28.